The maximum Gasteiger partial charge on any atom is 0.266 e. The van der Waals surface area contributed by atoms with Crippen molar-refractivity contribution in [2.45, 2.75) is 0 Å². The number of hydrogen-bond donors (Lipinski definition) is 0. The number of aromatic nitrogens is 3. The van der Waals surface area contributed by atoms with Crippen LogP contribution in [0, 0.1) is 22.7 Å². The summed E-state index contributed by atoms with van der Waals surface area (Å²) in [6.07, 6.45) is 0. The van der Waals surface area contributed by atoms with Crippen LogP contribution in [-0.4, -0.2) is 26.8 Å². The second kappa shape index (κ2) is 8.45. The fourth-order valence-corrected chi connectivity index (χ4v) is 4.26. The van der Waals surface area contributed by atoms with Crippen molar-refractivity contribution in [1.82, 2.24) is 15.0 Å². The third-order valence-corrected chi connectivity index (χ3v) is 6.04. The molecule has 0 saturated heterocycles. The molecule has 0 unspecified atom stereocenters. The van der Waals surface area contributed by atoms with Gasteiger partial charge in [0.1, 0.15) is 29.1 Å². The van der Waals surface area contributed by atoms with Crippen LogP contribution in [0.5, 0.6) is 11.5 Å². The Morgan fingerprint density at radius 2 is 1.38 bits per heavy atom. The molecular formula is C28H14N6O3. The molecule has 5 aromatic rings. The molecular weight excluding hydrogens is 468 g/mol. The molecule has 1 aromatic heterocycles. The van der Waals surface area contributed by atoms with Crippen LogP contribution in [0.15, 0.2) is 84.9 Å². The van der Waals surface area contributed by atoms with Gasteiger partial charge < -0.3 is 4.74 Å². The standard InChI is InChI=1S/C28H14N6O3/c29-15-17-13-25(34-24-8-4-3-7-23(24)31-32-34)26(14-18(17)16-30)37-20-11-9-19(10-12-20)33-27(35)21-5-1-2-6-22(21)28(33)36/h1-14H. The molecule has 0 atom stereocenters. The maximum absolute atomic E-state index is 12.8. The molecule has 2 heterocycles. The third kappa shape index (κ3) is 3.47. The molecule has 9 nitrogen and oxygen atoms in total. The van der Waals surface area contributed by atoms with Crippen molar-refractivity contribution in [3.63, 3.8) is 0 Å². The van der Waals surface area contributed by atoms with Gasteiger partial charge in [-0.1, -0.05) is 29.5 Å². The van der Waals surface area contributed by atoms with Crippen molar-refractivity contribution in [2.75, 3.05) is 4.90 Å². The van der Waals surface area contributed by atoms with E-state index in [1.165, 1.54) is 12.1 Å². The monoisotopic (exact) mass is 482 g/mol. The van der Waals surface area contributed by atoms with E-state index >= 15 is 0 Å². The molecule has 1 aliphatic heterocycles. The molecule has 0 bridgehead atoms. The van der Waals surface area contributed by atoms with Crippen LogP contribution in [0.1, 0.15) is 31.8 Å². The van der Waals surface area contributed by atoms with Crippen LogP contribution in [0.3, 0.4) is 0 Å². The molecule has 1 aliphatic rings. The van der Waals surface area contributed by atoms with Crippen molar-refractivity contribution in [2.24, 2.45) is 0 Å². The topological polar surface area (TPSA) is 125 Å². The summed E-state index contributed by atoms with van der Waals surface area (Å²) in [6.45, 7) is 0. The molecule has 174 valence electrons. The molecule has 0 fully saturated rings. The second-order valence-electron chi connectivity index (χ2n) is 8.17. The summed E-state index contributed by atoms with van der Waals surface area (Å²) in [5.41, 5.74) is 3.22. The minimum absolute atomic E-state index is 0.147. The first-order valence-electron chi connectivity index (χ1n) is 11.1. The van der Waals surface area contributed by atoms with Gasteiger partial charge in [-0.3, -0.25) is 9.59 Å². The Bertz CT molecular complexity index is 1790. The normalized spacial score (nSPS) is 12.3. The first kappa shape index (κ1) is 21.7. The van der Waals surface area contributed by atoms with Crippen molar-refractivity contribution < 1.29 is 14.3 Å². The zero-order valence-electron chi connectivity index (χ0n) is 19.0. The lowest BCUT2D eigenvalue weighted by Gasteiger charge is -2.16. The summed E-state index contributed by atoms with van der Waals surface area (Å²) in [7, 11) is 0. The van der Waals surface area contributed by atoms with E-state index in [-0.39, 0.29) is 28.7 Å². The Balaban J connectivity index is 1.38. The Kier molecular flexibility index (Phi) is 4.96. The van der Waals surface area contributed by atoms with Crippen LogP contribution < -0.4 is 9.64 Å². The van der Waals surface area contributed by atoms with Crippen LogP contribution >= 0.6 is 0 Å². The molecule has 6 rings (SSSR count). The lowest BCUT2D eigenvalue weighted by Crippen LogP contribution is -2.29. The van der Waals surface area contributed by atoms with Gasteiger partial charge in [0, 0.05) is 6.07 Å². The van der Waals surface area contributed by atoms with Gasteiger partial charge in [0.15, 0.2) is 5.75 Å². The Labute approximate surface area is 210 Å². The number of anilines is 1. The number of para-hydroxylation sites is 1. The molecule has 0 N–H and O–H groups in total. The first-order valence-corrected chi connectivity index (χ1v) is 11.1. The minimum Gasteiger partial charge on any atom is -0.455 e. The van der Waals surface area contributed by atoms with Gasteiger partial charge in [0.05, 0.1) is 33.5 Å². The number of ether oxygens (including phenoxy) is 1. The van der Waals surface area contributed by atoms with E-state index in [4.69, 9.17) is 4.74 Å². The molecule has 2 amide bonds. The van der Waals surface area contributed by atoms with Gasteiger partial charge in [-0.2, -0.15) is 10.5 Å². The van der Waals surface area contributed by atoms with E-state index < -0.39 is 0 Å². The minimum atomic E-state index is -0.389. The number of hydrogen-bond acceptors (Lipinski definition) is 7. The predicted molar refractivity (Wildman–Crippen MR) is 132 cm³/mol. The summed E-state index contributed by atoms with van der Waals surface area (Å²) in [5, 5.41) is 27.5. The number of nitrogens with zero attached hydrogens (tertiary/aromatic N) is 6. The number of carbonyl (C=O) groups excluding carboxylic acids is 2. The van der Waals surface area contributed by atoms with Gasteiger partial charge in [0.25, 0.3) is 11.8 Å². The first-order chi connectivity index (χ1) is 18.1. The van der Waals surface area contributed by atoms with E-state index in [0.29, 0.717) is 39.3 Å². The zero-order valence-corrected chi connectivity index (χ0v) is 19.0. The number of imide groups is 1. The number of carbonyl (C=O) groups is 2. The van der Waals surface area contributed by atoms with Crippen LogP contribution in [0.25, 0.3) is 16.7 Å². The lowest BCUT2D eigenvalue weighted by molar-refractivity contribution is 0.0926. The largest absolute Gasteiger partial charge is 0.455 e. The van der Waals surface area contributed by atoms with Gasteiger partial charge in [-0.25, -0.2) is 9.58 Å². The average molecular weight is 482 g/mol. The van der Waals surface area contributed by atoms with Crippen molar-refractivity contribution in [3.05, 3.63) is 107 Å². The summed E-state index contributed by atoms with van der Waals surface area (Å²) in [5.74, 6) is -0.111. The number of amides is 2. The molecule has 0 aliphatic carbocycles. The second-order valence-corrected chi connectivity index (χ2v) is 8.17. The number of rotatable bonds is 4. The predicted octanol–water partition coefficient (Wildman–Crippen LogP) is 4.76. The molecule has 9 heteroatoms. The van der Waals surface area contributed by atoms with Crippen molar-refractivity contribution >= 4 is 28.5 Å². The molecule has 0 saturated carbocycles. The SMILES string of the molecule is N#Cc1cc(Oc2ccc(N3C(=O)c4ccccc4C3=O)cc2)c(-n2nnc3ccccc32)cc1C#N. The highest BCUT2D eigenvalue weighted by atomic mass is 16.5. The van der Waals surface area contributed by atoms with Crippen LogP contribution in [-0.2, 0) is 0 Å². The number of fused-ring (bicyclic) bond motifs is 2. The lowest BCUT2D eigenvalue weighted by atomic mass is 10.1. The summed E-state index contributed by atoms with van der Waals surface area (Å²) < 4.78 is 7.66. The Morgan fingerprint density at radius 3 is 2.05 bits per heavy atom. The van der Waals surface area contributed by atoms with Gasteiger partial charge in [-0.15, -0.1) is 5.10 Å². The molecule has 0 spiro atoms. The Morgan fingerprint density at radius 1 is 0.757 bits per heavy atom. The quantitative estimate of drug-likeness (QED) is 0.338. The number of benzene rings is 4. The fraction of sp³-hybridized carbons (Fsp3) is 0. The van der Waals surface area contributed by atoms with E-state index in [9.17, 15) is 20.1 Å². The highest BCUT2D eigenvalue weighted by Crippen LogP contribution is 2.34. The van der Waals surface area contributed by atoms with E-state index in [0.717, 1.165) is 4.90 Å². The van der Waals surface area contributed by atoms with E-state index in [2.05, 4.69) is 10.3 Å². The third-order valence-electron chi connectivity index (χ3n) is 6.04. The van der Waals surface area contributed by atoms with Gasteiger partial charge in [0.2, 0.25) is 0 Å². The molecule has 0 radical (unpaired) electrons. The van der Waals surface area contributed by atoms with E-state index in [1.54, 1.807) is 53.2 Å². The van der Waals surface area contributed by atoms with Crippen LogP contribution in [0.2, 0.25) is 0 Å². The van der Waals surface area contributed by atoms with Crippen molar-refractivity contribution in [1.29, 1.82) is 10.5 Å². The van der Waals surface area contributed by atoms with Gasteiger partial charge in [-0.05, 0) is 54.6 Å². The van der Waals surface area contributed by atoms with Gasteiger partial charge >= 0.3 is 0 Å². The summed E-state index contributed by atoms with van der Waals surface area (Å²) in [6, 6.07) is 27.5. The highest BCUT2D eigenvalue weighted by Gasteiger charge is 2.36. The van der Waals surface area contributed by atoms with Crippen molar-refractivity contribution in [3.8, 4) is 29.3 Å². The smallest absolute Gasteiger partial charge is 0.266 e. The molecule has 4 aromatic carbocycles. The number of nitriles is 2. The summed E-state index contributed by atoms with van der Waals surface area (Å²) in [4.78, 5) is 26.7. The highest BCUT2D eigenvalue weighted by molar-refractivity contribution is 6.34. The van der Waals surface area contributed by atoms with Crippen LogP contribution in [0.4, 0.5) is 5.69 Å². The average Bonchev–Trinajstić information content (AvgIpc) is 3.48. The fourth-order valence-electron chi connectivity index (χ4n) is 4.26. The van der Waals surface area contributed by atoms with E-state index in [1.807, 2.05) is 36.4 Å². The maximum atomic E-state index is 12.8. The zero-order chi connectivity index (χ0) is 25.5. The molecule has 37 heavy (non-hydrogen) atoms. The summed E-state index contributed by atoms with van der Waals surface area (Å²) >= 11 is 0. The Hall–Kier alpha value is -5.80.